The number of nitrogens with one attached hydrogen (secondary N) is 1. The van der Waals surface area contributed by atoms with Crippen LogP contribution < -0.4 is 14.8 Å². The van der Waals surface area contributed by atoms with Crippen molar-refractivity contribution in [2.75, 3.05) is 25.3 Å². The van der Waals surface area contributed by atoms with Gasteiger partial charge in [-0.25, -0.2) is 0 Å². The van der Waals surface area contributed by atoms with E-state index in [1.54, 1.807) is 20.3 Å². The molecule has 0 heterocycles. The zero-order valence-corrected chi connectivity index (χ0v) is 15.6. The smallest absolute Gasteiger partial charge is 0.271 e. The van der Waals surface area contributed by atoms with Gasteiger partial charge < -0.3 is 14.8 Å². The fraction of sp³-hybridized carbons (Fsp3) is 0.278. The van der Waals surface area contributed by atoms with E-state index in [1.807, 2.05) is 19.1 Å². The van der Waals surface area contributed by atoms with Gasteiger partial charge in [-0.1, -0.05) is 6.07 Å². The molecule has 138 valence electrons. The molecule has 26 heavy (non-hydrogen) atoms. The standard InChI is InChI=1S/C18H20N2O5S/c1-12-7-16(24-2)17(25-3)8-13(12)10-26-11-18(21)19-14-5-4-6-15(9-14)20(22)23/h4-9H,10-11H2,1-3H3,(H,19,21). The number of nitro benzene ring substituents is 1. The Morgan fingerprint density at radius 1 is 1.19 bits per heavy atom. The molecule has 0 fully saturated rings. The van der Waals surface area contributed by atoms with Crippen LogP contribution in [0.1, 0.15) is 11.1 Å². The predicted octanol–water partition coefficient (Wildman–Crippen LogP) is 3.79. The molecule has 2 rings (SSSR count). The van der Waals surface area contributed by atoms with Crippen molar-refractivity contribution in [1.29, 1.82) is 0 Å². The van der Waals surface area contributed by atoms with Crippen molar-refractivity contribution >= 4 is 29.0 Å². The summed E-state index contributed by atoms with van der Waals surface area (Å²) in [5.74, 6) is 1.97. The van der Waals surface area contributed by atoms with E-state index in [1.165, 1.54) is 30.0 Å². The molecule has 2 aromatic carbocycles. The van der Waals surface area contributed by atoms with Crippen molar-refractivity contribution in [3.63, 3.8) is 0 Å². The Morgan fingerprint density at radius 3 is 2.54 bits per heavy atom. The van der Waals surface area contributed by atoms with Crippen LogP contribution in [-0.2, 0) is 10.5 Å². The van der Waals surface area contributed by atoms with Gasteiger partial charge in [-0.3, -0.25) is 14.9 Å². The number of methoxy groups -OCH3 is 2. The summed E-state index contributed by atoms with van der Waals surface area (Å²) in [6.45, 7) is 1.97. The summed E-state index contributed by atoms with van der Waals surface area (Å²) in [6.07, 6.45) is 0. The summed E-state index contributed by atoms with van der Waals surface area (Å²) in [7, 11) is 3.17. The molecule has 0 aliphatic carbocycles. The lowest BCUT2D eigenvalue weighted by atomic mass is 10.1. The van der Waals surface area contributed by atoms with E-state index in [2.05, 4.69) is 5.32 Å². The Labute approximate surface area is 155 Å². The maximum atomic E-state index is 12.0. The van der Waals surface area contributed by atoms with Crippen LogP contribution in [0.3, 0.4) is 0 Å². The normalized spacial score (nSPS) is 10.3. The van der Waals surface area contributed by atoms with Crippen LogP contribution in [0, 0.1) is 17.0 Å². The minimum atomic E-state index is -0.496. The highest BCUT2D eigenvalue weighted by Crippen LogP contribution is 2.31. The van der Waals surface area contributed by atoms with Gasteiger partial charge in [0.05, 0.1) is 24.9 Å². The fourth-order valence-corrected chi connectivity index (χ4v) is 3.22. The molecule has 0 aliphatic heterocycles. The maximum absolute atomic E-state index is 12.0. The lowest BCUT2D eigenvalue weighted by Gasteiger charge is -2.12. The Hall–Kier alpha value is -2.74. The number of non-ortho nitro benzene ring substituents is 1. The van der Waals surface area contributed by atoms with Gasteiger partial charge in [0.2, 0.25) is 5.91 Å². The van der Waals surface area contributed by atoms with Crippen LogP contribution in [-0.4, -0.2) is 30.8 Å². The van der Waals surface area contributed by atoms with Crippen molar-refractivity contribution in [3.8, 4) is 11.5 Å². The van der Waals surface area contributed by atoms with Crippen LogP contribution in [0.2, 0.25) is 0 Å². The number of ether oxygens (including phenoxy) is 2. The number of benzene rings is 2. The largest absolute Gasteiger partial charge is 0.493 e. The number of nitrogens with zero attached hydrogens (tertiary/aromatic N) is 1. The van der Waals surface area contributed by atoms with Gasteiger partial charge in [-0.05, 0) is 36.2 Å². The molecule has 1 N–H and O–H groups in total. The zero-order valence-electron chi connectivity index (χ0n) is 14.8. The predicted molar refractivity (Wildman–Crippen MR) is 102 cm³/mol. The maximum Gasteiger partial charge on any atom is 0.271 e. The Bertz CT molecular complexity index is 810. The highest BCUT2D eigenvalue weighted by atomic mass is 32.2. The van der Waals surface area contributed by atoms with Gasteiger partial charge in [0.15, 0.2) is 11.5 Å². The lowest BCUT2D eigenvalue weighted by molar-refractivity contribution is -0.384. The Balaban J connectivity index is 1.92. The van der Waals surface area contributed by atoms with Crippen LogP contribution in [0.25, 0.3) is 0 Å². The summed E-state index contributed by atoms with van der Waals surface area (Å²) in [6, 6.07) is 9.67. The van der Waals surface area contributed by atoms with E-state index >= 15 is 0 Å². The van der Waals surface area contributed by atoms with E-state index in [0.717, 1.165) is 11.1 Å². The summed E-state index contributed by atoms with van der Waals surface area (Å²) in [5.41, 5.74) is 2.45. The third-order valence-electron chi connectivity index (χ3n) is 3.67. The van der Waals surface area contributed by atoms with Crippen LogP contribution in [0.4, 0.5) is 11.4 Å². The third kappa shape index (κ3) is 5.13. The number of amides is 1. The third-order valence-corrected chi connectivity index (χ3v) is 4.66. The Kier molecular flexibility index (Phi) is 6.85. The molecule has 0 saturated heterocycles. The number of carbonyl (C=O) groups is 1. The summed E-state index contributed by atoms with van der Waals surface area (Å²) < 4.78 is 10.6. The highest BCUT2D eigenvalue weighted by molar-refractivity contribution is 7.99. The fourth-order valence-electron chi connectivity index (χ4n) is 2.33. The first-order valence-corrected chi connectivity index (χ1v) is 8.93. The van der Waals surface area contributed by atoms with Gasteiger partial charge in [-0.15, -0.1) is 11.8 Å². The van der Waals surface area contributed by atoms with Crippen LogP contribution in [0.15, 0.2) is 36.4 Å². The first kappa shape index (κ1) is 19.6. The minimum absolute atomic E-state index is 0.0589. The second-order valence-corrected chi connectivity index (χ2v) is 6.47. The molecule has 8 heteroatoms. The number of hydrogen-bond acceptors (Lipinski definition) is 6. The number of thioether (sulfide) groups is 1. The lowest BCUT2D eigenvalue weighted by Crippen LogP contribution is -2.14. The van der Waals surface area contributed by atoms with E-state index < -0.39 is 4.92 Å². The first-order valence-electron chi connectivity index (χ1n) is 7.78. The van der Waals surface area contributed by atoms with E-state index in [-0.39, 0.29) is 17.3 Å². The second-order valence-electron chi connectivity index (χ2n) is 5.48. The number of aryl methyl sites for hydroxylation is 1. The average Bonchev–Trinajstić information content (AvgIpc) is 2.62. The number of carbonyl (C=O) groups excluding carboxylic acids is 1. The van der Waals surface area contributed by atoms with Gasteiger partial charge >= 0.3 is 0 Å². The second kappa shape index (κ2) is 9.10. The molecule has 0 radical (unpaired) electrons. The number of nitro groups is 1. The average molecular weight is 376 g/mol. The van der Waals surface area contributed by atoms with Crippen molar-refractivity contribution in [2.24, 2.45) is 0 Å². The van der Waals surface area contributed by atoms with Crippen molar-refractivity contribution in [1.82, 2.24) is 0 Å². The highest BCUT2D eigenvalue weighted by Gasteiger charge is 2.11. The summed E-state index contributed by atoms with van der Waals surface area (Å²) in [4.78, 5) is 22.3. The summed E-state index contributed by atoms with van der Waals surface area (Å²) >= 11 is 1.45. The quantitative estimate of drug-likeness (QED) is 0.557. The topological polar surface area (TPSA) is 90.7 Å². The minimum Gasteiger partial charge on any atom is -0.493 e. The molecular weight excluding hydrogens is 356 g/mol. The van der Waals surface area contributed by atoms with Gasteiger partial charge in [0.1, 0.15) is 0 Å². The van der Waals surface area contributed by atoms with E-state index in [0.29, 0.717) is 22.9 Å². The molecule has 0 atom stereocenters. The van der Waals surface area contributed by atoms with Gasteiger partial charge in [-0.2, -0.15) is 0 Å². The molecule has 0 unspecified atom stereocenters. The van der Waals surface area contributed by atoms with Crippen molar-refractivity contribution in [3.05, 3.63) is 57.6 Å². The molecule has 0 aromatic heterocycles. The summed E-state index contributed by atoms with van der Waals surface area (Å²) in [5, 5.41) is 13.4. The Morgan fingerprint density at radius 2 is 1.88 bits per heavy atom. The van der Waals surface area contributed by atoms with Crippen molar-refractivity contribution < 1.29 is 19.2 Å². The molecular formula is C18H20N2O5S. The van der Waals surface area contributed by atoms with Crippen molar-refractivity contribution in [2.45, 2.75) is 12.7 Å². The number of hydrogen-bond donors (Lipinski definition) is 1. The number of anilines is 1. The van der Waals surface area contributed by atoms with Crippen LogP contribution >= 0.6 is 11.8 Å². The monoisotopic (exact) mass is 376 g/mol. The molecule has 7 nitrogen and oxygen atoms in total. The number of rotatable bonds is 8. The SMILES string of the molecule is COc1cc(C)c(CSCC(=O)Nc2cccc([N+](=O)[O-])c2)cc1OC. The molecule has 0 saturated carbocycles. The molecule has 0 aliphatic rings. The molecule has 0 spiro atoms. The van der Waals surface area contributed by atoms with E-state index in [9.17, 15) is 14.9 Å². The first-order chi connectivity index (χ1) is 12.4. The van der Waals surface area contributed by atoms with Gasteiger partial charge in [0, 0.05) is 23.6 Å². The van der Waals surface area contributed by atoms with Crippen LogP contribution in [0.5, 0.6) is 11.5 Å². The zero-order chi connectivity index (χ0) is 19.1. The molecule has 0 bridgehead atoms. The van der Waals surface area contributed by atoms with Gasteiger partial charge in [0.25, 0.3) is 5.69 Å². The molecule has 1 amide bonds. The molecule has 2 aromatic rings. The van der Waals surface area contributed by atoms with E-state index in [4.69, 9.17) is 9.47 Å².